The lowest BCUT2D eigenvalue weighted by Crippen LogP contribution is -2.45. The van der Waals surface area contributed by atoms with Crippen molar-refractivity contribution < 1.29 is 14.7 Å². The van der Waals surface area contributed by atoms with Crippen LogP contribution in [-0.2, 0) is 9.59 Å². The van der Waals surface area contributed by atoms with E-state index in [2.05, 4.69) is 0 Å². The largest absolute Gasteiger partial charge is 0.481 e. The molecule has 9 heteroatoms. The van der Waals surface area contributed by atoms with Gasteiger partial charge in [-0.15, -0.1) is 23.2 Å². The first-order valence-electron chi connectivity index (χ1n) is 5.00. The Morgan fingerprint density at radius 2 is 1.37 bits per heavy atom. The fraction of sp³-hybridized carbons (Fsp3) is 0.600. The van der Waals surface area contributed by atoms with E-state index in [0.717, 1.165) is 0 Å². The summed E-state index contributed by atoms with van der Waals surface area (Å²) in [6, 6.07) is 0. The third-order valence-corrected chi connectivity index (χ3v) is 7.90. The number of carboxylic acid groups (broad SMARTS) is 1. The predicted molar refractivity (Wildman–Crippen MR) is 75.6 cm³/mol. The molecule has 4 atom stereocenters. The topological polar surface area (TPSA) is 54.4 Å². The monoisotopic (exact) mass is 384 g/mol. The van der Waals surface area contributed by atoms with Crippen LogP contribution < -0.4 is 0 Å². The summed E-state index contributed by atoms with van der Waals surface area (Å²) >= 11 is 36.9. The molecule has 0 aliphatic heterocycles. The van der Waals surface area contributed by atoms with Gasteiger partial charge in [0.25, 0.3) is 0 Å². The number of rotatable bonds is 2. The molecule has 0 aromatic heterocycles. The highest BCUT2D eigenvalue weighted by Crippen LogP contribution is 2.76. The molecule has 1 fully saturated rings. The number of Topliss-reactive ketones (excluding diaryl/α,β-unsaturated/α-hetero) is 1. The standard InChI is InChI=1S/C10H6Cl6O3/c1-2(17)3-4(7(18)19)9(14)6(12)5(11)8(3,13)10(9,15)16/h3-4H,1H3,(H,18,19)/t3-,4-,8?,9?/m0/s1. The normalized spacial score (nSPS) is 43.7. The Balaban J connectivity index is 2.84. The molecule has 1 saturated carbocycles. The molecule has 2 rings (SSSR count). The van der Waals surface area contributed by atoms with Crippen LogP contribution in [-0.4, -0.2) is 30.9 Å². The summed E-state index contributed by atoms with van der Waals surface area (Å²) in [5.41, 5.74) is 0. The number of allylic oxidation sites excluding steroid dienone is 2. The van der Waals surface area contributed by atoms with Crippen LogP contribution >= 0.6 is 69.6 Å². The van der Waals surface area contributed by atoms with Crippen LogP contribution in [0.1, 0.15) is 6.92 Å². The van der Waals surface area contributed by atoms with Crippen molar-refractivity contribution in [2.24, 2.45) is 11.8 Å². The minimum absolute atomic E-state index is 0.187. The third kappa shape index (κ3) is 1.50. The maximum Gasteiger partial charge on any atom is 0.309 e. The van der Waals surface area contributed by atoms with Gasteiger partial charge in [-0.2, -0.15) is 0 Å². The molecular weight excluding hydrogens is 381 g/mol. The molecule has 0 aromatic rings. The zero-order valence-corrected chi connectivity index (χ0v) is 13.7. The Morgan fingerprint density at radius 3 is 1.68 bits per heavy atom. The summed E-state index contributed by atoms with van der Waals surface area (Å²) in [6.45, 7) is 1.17. The van der Waals surface area contributed by atoms with Crippen LogP contribution in [0, 0.1) is 11.8 Å². The molecule has 106 valence electrons. The summed E-state index contributed by atoms with van der Waals surface area (Å²) in [5.74, 6) is -4.63. The number of ketones is 1. The number of fused-ring (bicyclic) bond motifs is 2. The summed E-state index contributed by atoms with van der Waals surface area (Å²) in [5, 5.41) is 8.91. The number of carbonyl (C=O) groups is 2. The minimum atomic E-state index is -2.02. The number of carbonyl (C=O) groups excluding carboxylic acids is 1. The second kappa shape index (κ2) is 4.31. The van der Waals surface area contributed by atoms with E-state index >= 15 is 0 Å². The third-order valence-electron chi connectivity index (χ3n) is 3.64. The number of hydrogen-bond donors (Lipinski definition) is 1. The molecule has 2 aliphatic carbocycles. The Bertz CT molecular complexity index is 485. The SMILES string of the molecule is CC(=O)[C@H]1[C@@H](C(=O)O)C2(Cl)C(Cl)=C(Cl)C1(Cl)C2(Cl)Cl. The van der Waals surface area contributed by atoms with Crippen molar-refractivity contribution in [2.45, 2.75) is 21.0 Å². The van der Waals surface area contributed by atoms with Crippen molar-refractivity contribution in [3.05, 3.63) is 10.1 Å². The van der Waals surface area contributed by atoms with Crippen molar-refractivity contribution in [1.82, 2.24) is 0 Å². The van der Waals surface area contributed by atoms with E-state index in [1.165, 1.54) is 6.92 Å². The van der Waals surface area contributed by atoms with E-state index in [1.807, 2.05) is 0 Å². The van der Waals surface area contributed by atoms with Gasteiger partial charge in [-0.3, -0.25) is 9.59 Å². The fourth-order valence-electron chi connectivity index (χ4n) is 2.81. The van der Waals surface area contributed by atoms with Gasteiger partial charge in [-0.05, 0) is 6.92 Å². The van der Waals surface area contributed by atoms with E-state index in [1.54, 1.807) is 0 Å². The Hall–Kier alpha value is 0.620. The van der Waals surface area contributed by atoms with Gasteiger partial charge in [0.2, 0.25) is 0 Å². The lowest BCUT2D eigenvalue weighted by Gasteiger charge is -2.32. The predicted octanol–water partition coefficient (Wildman–Crippen LogP) is 3.74. The molecule has 19 heavy (non-hydrogen) atoms. The Morgan fingerprint density at radius 1 is 1.00 bits per heavy atom. The molecule has 0 spiro atoms. The molecular formula is C10H6Cl6O3. The molecule has 1 N–H and O–H groups in total. The smallest absolute Gasteiger partial charge is 0.309 e. The zero-order chi connectivity index (χ0) is 15.0. The van der Waals surface area contributed by atoms with Crippen molar-refractivity contribution in [3.63, 3.8) is 0 Å². The maximum absolute atomic E-state index is 11.8. The van der Waals surface area contributed by atoms with Gasteiger partial charge >= 0.3 is 5.97 Å². The zero-order valence-electron chi connectivity index (χ0n) is 9.19. The van der Waals surface area contributed by atoms with Crippen molar-refractivity contribution in [1.29, 1.82) is 0 Å². The number of hydrogen-bond acceptors (Lipinski definition) is 2. The second-order valence-electron chi connectivity index (χ2n) is 4.53. The average Bonchev–Trinajstić information content (AvgIpc) is 2.48. The van der Waals surface area contributed by atoms with Gasteiger partial charge in [0, 0.05) is 0 Å². The first-order chi connectivity index (χ1) is 8.45. The van der Waals surface area contributed by atoms with E-state index in [-0.39, 0.29) is 10.1 Å². The van der Waals surface area contributed by atoms with Gasteiger partial charge < -0.3 is 5.11 Å². The van der Waals surface area contributed by atoms with Crippen molar-refractivity contribution >= 4 is 81.4 Å². The summed E-state index contributed by atoms with van der Waals surface area (Å²) in [4.78, 5) is 19.4. The quantitative estimate of drug-likeness (QED) is 0.735. The highest BCUT2D eigenvalue weighted by atomic mass is 35.5. The molecule has 0 amide bonds. The molecule has 0 heterocycles. The second-order valence-corrected chi connectivity index (χ2v) is 7.81. The molecule has 3 nitrogen and oxygen atoms in total. The van der Waals surface area contributed by atoms with Gasteiger partial charge in [0.15, 0.2) is 4.33 Å². The number of alkyl halides is 4. The molecule has 0 radical (unpaired) electrons. The van der Waals surface area contributed by atoms with E-state index in [4.69, 9.17) is 69.6 Å². The van der Waals surface area contributed by atoms with Crippen molar-refractivity contribution in [3.8, 4) is 0 Å². The van der Waals surface area contributed by atoms with Crippen LogP contribution in [0.2, 0.25) is 0 Å². The maximum atomic E-state index is 11.8. The van der Waals surface area contributed by atoms with Crippen LogP contribution in [0.15, 0.2) is 10.1 Å². The summed E-state index contributed by atoms with van der Waals surface area (Å²) < 4.78 is -2.02. The molecule has 2 aliphatic rings. The highest BCUT2D eigenvalue weighted by molar-refractivity contribution is 6.66. The van der Waals surface area contributed by atoms with E-state index in [0.29, 0.717) is 0 Å². The Labute approximate surface area is 138 Å². The number of carboxylic acids is 1. The minimum Gasteiger partial charge on any atom is -0.481 e. The summed E-state index contributed by atoms with van der Waals surface area (Å²) in [6.07, 6.45) is 0. The molecule has 2 unspecified atom stereocenters. The lowest BCUT2D eigenvalue weighted by atomic mass is 9.79. The van der Waals surface area contributed by atoms with Crippen LogP contribution in [0.5, 0.6) is 0 Å². The van der Waals surface area contributed by atoms with Crippen LogP contribution in [0.3, 0.4) is 0 Å². The average molecular weight is 387 g/mol. The molecule has 2 bridgehead atoms. The molecule has 0 aromatic carbocycles. The van der Waals surface area contributed by atoms with Gasteiger partial charge in [-0.1, -0.05) is 46.4 Å². The van der Waals surface area contributed by atoms with Crippen molar-refractivity contribution in [2.75, 3.05) is 0 Å². The van der Waals surface area contributed by atoms with Crippen LogP contribution in [0.25, 0.3) is 0 Å². The van der Waals surface area contributed by atoms with Gasteiger partial charge in [-0.25, -0.2) is 0 Å². The van der Waals surface area contributed by atoms with E-state index < -0.39 is 37.7 Å². The van der Waals surface area contributed by atoms with Gasteiger partial charge in [0.1, 0.15) is 15.5 Å². The van der Waals surface area contributed by atoms with E-state index in [9.17, 15) is 14.7 Å². The van der Waals surface area contributed by atoms with Crippen LogP contribution in [0.4, 0.5) is 0 Å². The number of halogens is 6. The first kappa shape index (κ1) is 16.0. The van der Waals surface area contributed by atoms with Gasteiger partial charge in [0.05, 0.1) is 21.9 Å². The summed E-state index contributed by atoms with van der Waals surface area (Å²) in [7, 11) is 0. The Kier molecular flexibility index (Phi) is 3.63. The first-order valence-corrected chi connectivity index (χ1v) is 7.27. The fourth-order valence-corrected chi connectivity index (χ4v) is 5.80. The highest BCUT2D eigenvalue weighted by Gasteiger charge is 2.84. The molecule has 0 saturated heterocycles. The number of aliphatic carboxylic acids is 1. The lowest BCUT2D eigenvalue weighted by molar-refractivity contribution is -0.146.